The highest BCUT2D eigenvalue weighted by Gasteiger charge is 2.39. The molecule has 2 N–H and O–H groups in total. The molecule has 9 heteroatoms. The van der Waals surface area contributed by atoms with Crippen molar-refractivity contribution in [3.63, 3.8) is 0 Å². The second-order valence-electron chi connectivity index (χ2n) is 11.1. The highest BCUT2D eigenvalue weighted by Crippen LogP contribution is 2.34. The van der Waals surface area contributed by atoms with E-state index in [-0.39, 0.29) is 17.9 Å². The number of para-hydroxylation sites is 1. The van der Waals surface area contributed by atoms with Gasteiger partial charge in [-0.15, -0.1) is 0 Å². The van der Waals surface area contributed by atoms with Crippen LogP contribution in [0.5, 0.6) is 0 Å². The van der Waals surface area contributed by atoms with Gasteiger partial charge in [0.2, 0.25) is 5.91 Å². The maximum absolute atomic E-state index is 14.4. The maximum Gasteiger partial charge on any atom is 0.408 e. The van der Waals surface area contributed by atoms with E-state index in [4.69, 9.17) is 16.3 Å². The first-order valence-corrected chi connectivity index (χ1v) is 15.4. The Balaban J connectivity index is 2.67. The molecule has 0 bridgehead atoms. The molecule has 2 rings (SSSR count). The zero-order valence-corrected chi connectivity index (χ0v) is 26.8. The number of thioether (sulfide) groups is 1. The van der Waals surface area contributed by atoms with Crippen LogP contribution in [0.3, 0.4) is 0 Å². The average molecular weight is 590 g/mol. The number of nitrogens with one attached hydrogen (secondary N) is 2. The fraction of sp³-hybridized carbons (Fsp3) is 0.516. The van der Waals surface area contributed by atoms with Crippen LogP contribution in [-0.4, -0.2) is 52.5 Å². The summed E-state index contributed by atoms with van der Waals surface area (Å²) in [6.45, 7) is 15.0. The Hall–Kier alpha value is -2.71. The lowest BCUT2D eigenvalue weighted by molar-refractivity contribution is -0.143. The number of amides is 3. The second-order valence-corrected chi connectivity index (χ2v) is 12.5. The number of hydrogen-bond donors (Lipinski definition) is 2. The van der Waals surface area contributed by atoms with E-state index in [1.54, 1.807) is 43.5 Å². The number of anilines is 1. The lowest BCUT2D eigenvalue weighted by Gasteiger charge is -2.39. The number of alkyl carbamates (subject to hydrolysis) is 1. The van der Waals surface area contributed by atoms with Crippen LogP contribution >= 0.6 is 23.4 Å². The molecule has 0 aromatic heterocycles. The van der Waals surface area contributed by atoms with E-state index in [1.165, 1.54) is 0 Å². The van der Waals surface area contributed by atoms with Crippen molar-refractivity contribution in [2.75, 3.05) is 17.3 Å². The van der Waals surface area contributed by atoms with E-state index in [1.807, 2.05) is 71.2 Å². The molecular formula is C31H44ClN3O4S. The van der Waals surface area contributed by atoms with Crippen LogP contribution in [0, 0.1) is 20.8 Å². The van der Waals surface area contributed by atoms with Crippen LogP contribution in [0.4, 0.5) is 10.5 Å². The summed E-state index contributed by atoms with van der Waals surface area (Å²) in [5.41, 5.74) is 3.12. The zero-order valence-electron chi connectivity index (χ0n) is 25.2. The summed E-state index contributed by atoms with van der Waals surface area (Å²) in [4.78, 5) is 43.1. The number of carbonyl (C=O) groups excluding carboxylic acids is 3. The van der Waals surface area contributed by atoms with E-state index >= 15 is 0 Å². The fourth-order valence-corrected chi connectivity index (χ4v) is 5.30. The molecule has 3 atom stereocenters. The summed E-state index contributed by atoms with van der Waals surface area (Å²) in [5, 5.41) is 6.23. The molecular weight excluding hydrogens is 546 g/mol. The molecule has 0 saturated carbocycles. The number of ether oxygens (including phenoxy) is 1. The molecule has 7 nitrogen and oxygen atoms in total. The molecule has 0 aliphatic rings. The van der Waals surface area contributed by atoms with Gasteiger partial charge in [0.25, 0.3) is 5.91 Å². The Bertz CT molecular complexity index is 1160. The Labute approximate surface area is 248 Å². The number of carbonyl (C=O) groups is 3. The largest absolute Gasteiger partial charge is 0.444 e. The van der Waals surface area contributed by atoms with Gasteiger partial charge in [-0.05, 0) is 102 Å². The zero-order chi connectivity index (χ0) is 30.2. The lowest BCUT2D eigenvalue weighted by Crippen LogP contribution is -2.55. The molecule has 0 radical (unpaired) electrons. The van der Waals surface area contributed by atoms with E-state index < -0.39 is 23.8 Å². The molecule has 220 valence electrons. The average Bonchev–Trinajstić information content (AvgIpc) is 2.86. The summed E-state index contributed by atoms with van der Waals surface area (Å²) >= 11 is 8.06. The van der Waals surface area contributed by atoms with Gasteiger partial charge in [-0.25, -0.2) is 4.79 Å². The second kappa shape index (κ2) is 14.8. The third-order valence-electron chi connectivity index (χ3n) is 6.73. The number of halogens is 1. The standard InChI is InChI=1S/C31H44ClN3O4S/c1-10-22(5)35(29(37)24(17-18-40-9)33-30(38)39-31(6,7)8)27(25-19(2)13-11-14-20(25)3)28(36)34-26-21(4)15-12-16-23(26)32/h11-16,22,24,27H,10,17-18H2,1-9H3,(H,33,38)(H,34,36). The highest BCUT2D eigenvalue weighted by molar-refractivity contribution is 7.98. The number of benzene rings is 2. The summed E-state index contributed by atoms with van der Waals surface area (Å²) in [5.74, 6) is -0.0734. The van der Waals surface area contributed by atoms with Crippen LogP contribution in [0.25, 0.3) is 0 Å². The fourth-order valence-electron chi connectivity index (χ4n) is 4.56. The number of aryl methyl sites for hydroxylation is 3. The van der Waals surface area contributed by atoms with Crippen molar-refractivity contribution in [2.24, 2.45) is 0 Å². The van der Waals surface area contributed by atoms with Crippen LogP contribution in [0.1, 0.15) is 75.8 Å². The van der Waals surface area contributed by atoms with Crippen LogP contribution < -0.4 is 10.6 Å². The molecule has 40 heavy (non-hydrogen) atoms. The minimum Gasteiger partial charge on any atom is -0.444 e. The predicted molar refractivity (Wildman–Crippen MR) is 166 cm³/mol. The Morgan fingerprint density at radius 2 is 1.60 bits per heavy atom. The van der Waals surface area contributed by atoms with Crippen LogP contribution in [0.15, 0.2) is 36.4 Å². The summed E-state index contributed by atoms with van der Waals surface area (Å²) in [7, 11) is 0. The van der Waals surface area contributed by atoms with Gasteiger partial charge < -0.3 is 20.3 Å². The van der Waals surface area contributed by atoms with Crippen molar-refractivity contribution >= 4 is 47.0 Å². The molecule has 0 aliphatic heterocycles. The van der Waals surface area contributed by atoms with Crippen molar-refractivity contribution in [3.05, 3.63) is 63.7 Å². The first kappa shape index (κ1) is 33.5. The van der Waals surface area contributed by atoms with Gasteiger partial charge in [0.15, 0.2) is 0 Å². The first-order chi connectivity index (χ1) is 18.7. The van der Waals surface area contributed by atoms with Gasteiger partial charge in [0.1, 0.15) is 17.7 Å². The number of hydrogen-bond acceptors (Lipinski definition) is 5. The molecule has 0 aliphatic carbocycles. The van der Waals surface area contributed by atoms with Crippen LogP contribution in [0.2, 0.25) is 5.02 Å². The maximum atomic E-state index is 14.4. The molecule has 0 fully saturated rings. The summed E-state index contributed by atoms with van der Waals surface area (Å²) < 4.78 is 5.48. The van der Waals surface area contributed by atoms with Crippen molar-refractivity contribution in [1.82, 2.24) is 10.2 Å². The van der Waals surface area contributed by atoms with Gasteiger partial charge >= 0.3 is 6.09 Å². The number of nitrogens with zero attached hydrogens (tertiary/aromatic N) is 1. The summed E-state index contributed by atoms with van der Waals surface area (Å²) in [6.07, 6.45) is 2.26. The quantitative estimate of drug-likeness (QED) is 0.289. The topological polar surface area (TPSA) is 87.7 Å². The van der Waals surface area contributed by atoms with E-state index in [9.17, 15) is 14.4 Å². The minimum atomic E-state index is -0.962. The van der Waals surface area contributed by atoms with Gasteiger partial charge in [-0.3, -0.25) is 9.59 Å². The highest BCUT2D eigenvalue weighted by atomic mass is 35.5. The smallest absolute Gasteiger partial charge is 0.408 e. The Morgan fingerprint density at radius 3 is 2.12 bits per heavy atom. The van der Waals surface area contributed by atoms with E-state index in [0.29, 0.717) is 29.3 Å². The molecule has 3 unspecified atom stereocenters. The molecule has 0 heterocycles. The number of rotatable bonds is 11. The molecule has 0 spiro atoms. The summed E-state index contributed by atoms with van der Waals surface area (Å²) in [6, 6.07) is 9.07. The van der Waals surface area contributed by atoms with Gasteiger partial charge in [0.05, 0.1) is 10.7 Å². The van der Waals surface area contributed by atoms with Gasteiger partial charge in [-0.1, -0.05) is 48.9 Å². The van der Waals surface area contributed by atoms with Gasteiger partial charge in [-0.2, -0.15) is 11.8 Å². The van der Waals surface area contributed by atoms with Gasteiger partial charge in [0, 0.05) is 6.04 Å². The third kappa shape index (κ3) is 8.90. The van der Waals surface area contributed by atoms with Crippen LogP contribution in [-0.2, 0) is 14.3 Å². The first-order valence-electron chi connectivity index (χ1n) is 13.6. The lowest BCUT2D eigenvalue weighted by atomic mass is 9.92. The predicted octanol–water partition coefficient (Wildman–Crippen LogP) is 7.22. The van der Waals surface area contributed by atoms with Crippen molar-refractivity contribution < 1.29 is 19.1 Å². The Kier molecular flexibility index (Phi) is 12.4. The molecule has 2 aromatic rings. The molecule has 0 saturated heterocycles. The SMILES string of the molecule is CCC(C)N(C(=O)C(CCSC)NC(=O)OC(C)(C)C)C(C(=O)Nc1c(C)cccc1Cl)c1c(C)cccc1C. The van der Waals surface area contributed by atoms with E-state index in [0.717, 1.165) is 22.3 Å². The minimum absolute atomic E-state index is 0.313. The monoisotopic (exact) mass is 589 g/mol. The normalized spacial score (nSPS) is 13.7. The third-order valence-corrected chi connectivity index (χ3v) is 7.69. The van der Waals surface area contributed by atoms with Crippen molar-refractivity contribution in [3.8, 4) is 0 Å². The Morgan fingerprint density at radius 1 is 1.02 bits per heavy atom. The van der Waals surface area contributed by atoms with Crippen molar-refractivity contribution in [2.45, 2.75) is 92.0 Å². The molecule has 2 aromatic carbocycles. The van der Waals surface area contributed by atoms with Crippen molar-refractivity contribution in [1.29, 1.82) is 0 Å². The van der Waals surface area contributed by atoms with E-state index in [2.05, 4.69) is 10.6 Å². The molecule has 3 amide bonds.